The van der Waals surface area contributed by atoms with Crippen LogP contribution in [0.1, 0.15) is 125 Å². The molecule has 0 saturated heterocycles. The molecule has 2 aromatic heterocycles. The number of fused-ring (bicyclic) bond motifs is 7. The summed E-state index contributed by atoms with van der Waals surface area (Å²) in [6, 6.07) is 37.8. The van der Waals surface area contributed by atoms with Crippen LogP contribution in [0.15, 0.2) is 143 Å². The first-order valence-electron chi connectivity index (χ1n) is 24.5. The van der Waals surface area contributed by atoms with Crippen molar-refractivity contribution in [3.8, 4) is 11.5 Å². The first-order chi connectivity index (χ1) is 32.7. The number of amidine groups is 2. The zero-order valence-electron chi connectivity index (χ0n) is 38.3. The number of aliphatic imine (C=N–C) groups is 2. The van der Waals surface area contributed by atoms with Gasteiger partial charge in [-0.05, 0) is 60.9 Å². The third kappa shape index (κ3) is 9.19. The van der Waals surface area contributed by atoms with E-state index in [1.807, 2.05) is 12.4 Å². The zero-order valence-corrected chi connectivity index (χ0v) is 40.0. The Bertz CT molecular complexity index is 2560. The molecule has 0 N–H and O–H groups in total. The second-order valence-corrected chi connectivity index (χ2v) is 20.0. The van der Waals surface area contributed by atoms with E-state index in [1.165, 1.54) is 86.8 Å². The number of hydrogen-bond donors (Lipinski definition) is 0. The van der Waals surface area contributed by atoms with Gasteiger partial charge in [0.05, 0.1) is 22.5 Å². The van der Waals surface area contributed by atoms with Crippen molar-refractivity contribution in [2.24, 2.45) is 9.98 Å². The largest absolute Gasteiger partial charge is 0.537 e. The molecule has 0 amide bonds. The van der Waals surface area contributed by atoms with Crippen LogP contribution in [0.25, 0.3) is 11.4 Å². The Balaban J connectivity index is 1.13. The maximum Gasteiger partial charge on any atom is 0.525 e. The highest BCUT2D eigenvalue weighted by Gasteiger charge is 2.57. The Labute approximate surface area is 399 Å². The Morgan fingerprint density at radius 1 is 0.470 bits per heavy atom. The van der Waals surface area contributed by atoms with Crippen molar-refractivity contribution < 1.29 is 9.31 Å². The Hall–Kier alpha value is -5.71. The Morgan fingerprint density at radius 3 is 1.27 bits per heavy atom. The molecule has 4 aromatic carbocycles. The summed E-state index contributed by atoms with van der Waals surface area (Å²) in [6.45, 7) is 4.55. The van der Waals surface area contributed by atoms with E-state index in [1.54, 1.807) is 22.7 Å². The maximum atomic E-state index is 7.08. The second-order valence-electron chi connectivity index (χ2n) is 17.8. The molecule has 8 nitrogen and oxygen atoms in total. The van der Waals surface area contributed by atoms with Gasteiger partial charge in [0, 0.05) is 33.3 Å². The van der Waals surface area contributed by atoms with E-state index in [0.29, 0.717) is 0 Å². The van der Waals surface area contributed by atoms with Crippen molar-refractivity contribution >= 4 is 81.0 Å². The summed E-state index contributed by atoms with van der Waals surface area (Å²) in [5.41, 5.74) is 8.02. The lowest BCUT2D eigenvalue weighted by Gasteiger charge is -2.38. The minimum atomic E-state index is -0.503. The highest BCUT2D eigenvalue weighted by atomic mass is 32.1. The van der Waals surface area contributed by atoms with Gasteiger partial charge >= 0.3 is 14.1 Å². The summed E-state index contributed by atoms with van der Waals surface area (Å²) >= 11 is 3.39. The van der Waals surface area contributed by atoms with Gasteiger partial charge in [-0.25, -0.2) is 20.0 Å². The van der Waals surface area contributed by atoms with Crippen LogP contribution >= 0.6 is 22.7 Å². The quantitative estimate of drug-likeness (QED) is 0.0561. The van der Waals surface area contributed by atoms with E-state index in [-0.39, 0.29) is 0 Å². The Morgan fingerprint density at radius 2 is 0.848 bits per heavy atom. The van der Waals surface area contributed by atoms with Crippen LogP contribution in [0.5, 0.6) is 11.5 Å². The van der Waals surface area contributed by atoms with Gasteiger partial charge in [0.1, 0.15) is 23.2 Å². The van der Waals surface area contributed by atoms with Gasteiger partial charge in [0.25, 0.3) is 0 Å². The van der Waals surface area contributed by atoms with Crippen molar-refractivity contribution in [1.82, 2.24) is 19.6 Å². The van der Waals surface area contributed by atoms with E-state index >= 15 is 0 Å². The molecule has 4 aliphatic rings. The summed E-state index contributed by atoms with van der Waals surface area (Å²) in [4.78, 5) is 28.4. The van der Waals surface area contributed by atoms with E-state index in [2.05, 4.69) is 133 Å². The van der Waals surface area contributed by atoms with Gasteiger partial charge < -0.3 is 18.9 Å². The van der Waals surface area contributed by atoms with Crippen molar-refractivity contribution in [3.05, 3.63) is 154 Å². The number of para-hydroxylation sites is 2. The molecule has 0 saturated carbocycles. The molecule has 6 aromatic rings. The Kier molecular flexibility index (Phi) is 13.9. The third-order valence-corrected chi connectivity index (χ3v) is 15.0. The molecule has 0 spiro atoms. The third-order valence-electron chi connectivity index (χ3n) is 13.0. The molecular formula is C54H58B2N6O2S2. The van der Waals surface area contributed by atoms with Gasteiger partial charge in [-0.3, -0.25) is 0 Å². The molecule has 0 aliphatic carbocycles. The minimum absolute atomic E-state index is 0.503. The maximum absolute atomic E-state index is 7.08. The molecule has 66 heavy (non-hydrogen) atoms. The monoisotopic (exact) mass is 908 g/mol. The lowest BCUT2D eigenvalue weighted by molar-refractivity contribution is 0.516. The predicted octanol–water partition coefficient (Wildman–Crippen LogP) is 13.0. The van der Waals surface area contributed by atoms with Gasteiger partial charge in [-0.15, -0.1) is 0 Å². The van der Waals surface area contributed by atoms with E-state index in [9.17, 15) is 0 Å². The van der Waals surface area contributed by atoms with E-state index < -0.39 is 14.1 Å². The predicted molar refractivity (Wildman–Crippen MR) is 277 cm³/mol. The van der Waals surface area contributed by atoms with Crippen molar-refractivity contribution in [1.29, 1.82) is 0 Å². The van der Waals surface area contributed by atoms with Gasteiger partial charge in [-0.1, -0.05) is 199 Å². The molecule has 6 heterocycles. The SMILES string of the molecule is CCCCCCCCCc1cnc(/N=C2/C3=C4c5ccccc5OB(c5ccccc5)N4/C(=N\c4ncc(CCCCCCCCC)s4)C3=C3c4ccccc4OB(c4ccccc4)N32)s1. The molecule has 0 unspecified atom stereocenters. The normalized spacial score (nSPS) is 16.2. The van der Waals surface area contributed by atoms with E-state index in [4.69, 9.17) is 29.3 Å². The topological polar surface area (TPSA) is 75.4 Å². The summed E-state index contributed by atoms with van der Waals surface area (Å²) in [6.07, 6.45) is 24.0. The first kappa shape index (κ1) is 44.1. The van der Waals surface area contributed by atoms with Crippen molar-refractivity contribution in [2.75, 3.05) is 0 Å². The molecule has 0 bridgehead atoms. The lowest BCUT2D eigenvalue weighted by atomic mass is 9.68. The van der Waals surface area contributed by atoms with Crippen molar-refractivity contribution in [2.45, 2.75) is 117 Å². The molecular weight excluding hydrogens is 850 g/mol. The second kappa shape index (κ2) is 20.9. The average molecular weight is 909 g/mol. The standard InChI is InChI=1S/C54H58B2N6O2S2/c1-3-5-7-9-11-13-21-31-41-37-57-53(65-41)59-51-47-48(50-44-34-24-26-36-46(44)63-55(61(50)51)39-27-17-15-18-28-39)52(60-54-58-38-42(66-54)32-22-14-12-10-8-6-4-2)62-49(47)43-33-23-25-35-45(43)64-56(62)40-29-19-16-20-30-40/h15-20,23-30,33-38H,3-14,21-22,31-32H2,1-2H3/b59-51-,60-52-. The highest BCUT2D eigenvalue weighted by Crippen LogP contribution is 2.54. The number of benzene rings is 4. The number of aryl methyl sites for hydroxylation is 2. The minimum Gasteiger partial charge on any atom is -0.537 e. The molecule has 0 atom stereocenters. The molecule has 0 radical (unpaired) electrons. The summed E-state index contributed by atoms with van der Waals surface area (Å²) in [5.74, 6) is 3.20. The fraction of sp³-hybridized carbons (Fsp3) is 0.333. The first-order valence-corrected chi connectivity index (χ1v) is 26.1. The molecule has 10 rings (SSSR count). The number of aromatic nitrogens is 2. The molecule has 0 fully saturated rings. The van der Waals surface area contributed by atoms with Crippen LogP contribution in [0, 0.1) is 0 Å². The van der Waals surface area contributed by atoms with E-state index in [0.717, 1.165) is 104 Å². The number of hydrogen-bond acceptors (Lipinski definition) is 8. The van der Waals surface area contributed by atoms with Crippen LogP contribution in [0.2, 0.25) is 0 Å². The highest BCUT2D eigenvalue weighted by molar-refractivity contribution is 7.15. The van der Waals surface area contributed by atoms with Crippen LogP contribution in [0.3, 0.4) is 0 Å². The van der Waals surface area contributed by atoms with Gasteiger partial charge in [-0.2, -0.15) is 0 Å². The summed E-state index contributed by atoms with van der Waals surface area (Å²) in [5, 5.41) is 1.46. The zero-order chi connectivity index (χ0) is 44.7. The van der Waals surface area contributed by atoms with Crippen LogP contribution in [0.4, 0.5) is 10.3 Å². The molecule has 4 aliphatic heterocycles. The molecule has 12 heteroatoms. The van der Waals surface area contributed by atoms with Crippen LogP contribution in [-0.2, 0) is 12.8 Å². The summed E-state index contributed by atoms with van der Waals surface area (Å²) in [7, 11) is -1.01. The van der Waals surface area contributed by atoms with Crippen molar-refractivity contribution in [3.63, 3.8) is 0 Å². The fourth-order valence-electron chi connectivity index (χ4n) is 9.74. The van der Waals surface area contributed by atoms with Crippen LogP contribution in [-0.4, -0.2) is 45.4 Å². The summed E-state index contributed by atoms with van der Waals surface area (Å²) < 4.78 is 14.2. The average Bonchev–Trinajstić information content (AvgIpc) is 4.16. The molecule has 334 valence electrons. The lowest BCUT2D eigenvalue weighted by Crippen LogP contribution is -2.57. The number of rotatable bonds is 20. The number of thiazole rings is 2. The number of nitrogens with zero attached hydrogens (tertiary/aromatic N) is 6. The van der Waals surface area contributed by atoms with Crippen LogP contribution < -0.4 is 20.2 Å². The van der Waals surface area contributed by atoms with Gasteiger partial charge in [0.2, 0.25) is 10.3 Å². The van der Waals surface area contributed by atoms with Gasteiger partial charge in [0.15, 0.2) is 0 Å². The fourth-order valence-corrected chi connectivity index (χ4v) is 11.4. The smallest absolute Gasteiger partial charge is 0.525 e. The number of unbranched alkanes of at least 4 members (excludes halogenated alkanes) is 12.